The van der Waals surface area contributed by atoms with Crippen LogP contribution in [0.4, 0.5) is 5.69 Å². The van der Waals surface area contributed by atoms with Crippen LogP contribution in [0, 0.1) is 16.0 Å². The molecule has 1 heterocycles. The number of rotatable bonds is 5. The maximum absolute atomic E-state index is 12.5. The number of hydrogen-bond acceptors (Lipinski definition) is 5. The highest BCUT2D eigenvalue weighted by Gasteiger charge is 2.34. The summed E-state index contributed by atoms with van der Waals surface area (Å²) >= 11 is 6.10. The SMILES string of the molecule is O=C(NCc1ccccc1Cl)C1CNNC1c1ccc([N+](=O)[O-])cc1. The molecule has 2 aromatic rings. The first kappa shape index (κ1) is 17.3. The number of carbonyl (C=O) groups is 1. The lowest BCUT2D eigenvalue weighted by molar-refractivity contribution is -0.384. The molecule has 1 aliphatic rings. The molecule has 1 fully saturated rings. The summed E-state index contributed by atoms with van der Waals surface area (Å²) in [5.74, 6) is -0.440. The summed E-state index contributed by atoms with van der Waals surface area (Å²) in [5, 5.41) is 14.3. The molecule has 25 heavy (non-hydrogen) atoms. The lowest BCUT2D eigenvalue weighted by atomic mass is 9.94. The van der Waals surface area contributed by atoms with Gasteiger partial charge in [0.2, 0.25) is 5.91 Å². The molecule has 7 nitrogen and oxygen atoms in total. The zero-order chi connectivity index (χ0) is 17.8. The summed E-state index contributed by atoms with van der Waals surface area (Å²) in [6, 6.07) is 13.3. The van der Waals surface area contributed by atoms with Crippen LogP contribution in [0.2, 0.25) is 5.02 Å². The Hall–Kier alpha value is -2.48. The van der Waals surface area contributed by atoms with Crippen molar-refractivity contribution in [3.63, 3.8) is 0 Å². The van der Waals surface area contributed by atoms with Crippen LogP contribution < -0.4 is 16.2 Å². The molecule has 1 aliphatic heterocycles. The van der Waals surface area contributed by atoms with E-state index in [1.807, 2.05) is 18.2 Å². The van der Waals surface area contributed by atoms with Crippen LogP contribution in [0.5, 0.6) is 0 Å². The lowest BCUT2D eigenvalue weighted by Gasteiger charge is -2.18. The fourth-order valence-electron chi connectivity index (χ4n) is 2.82. The van der Waals surface area contributed by atoms with Crippen molar-refractivity contribution >= 4 is 23.2 Å². The number of nitro groups is 1. The Bertz CT molecular complexity index is 782. The summed E-state index contributed by atoms with van der Waals surface area (Å²) in [4.78, 5) is 22.9. The molecular formula is C17H17ClN4O3. The molecule has 2 atom stereocenters. The zero-order valence-corrected chi connectivity index (χ0v) is 14.0. The van der Waals surface area contributed by atoms with Crippen molar-refractivity contribution in [1.29, 1.82) is 0 Å². The van der Waals surface area contributed by atoms with Gasteiger partial charge in [0.1, 0.15) is 0 Å². The molecular weight excluding hydrogens is 344 g/mol. The third-order valence-corrected chi connectivity index (χ3v) is 4.56. The molecule has 0 spiro atoms. The van der Waals surface area contributed by atoms with Crippen LogP contribution >= 0.6 is 11.6 Å². The van der Waals surface area contributed by atoms with Gasteiger partial charge in [-0.05, 0) is 17.2 Å². The van der Waals surface area contributed by atoms with Gasteiger partial charge in [-0.1, -0.05) is 41.9 Å². The van der Waals surface area contributed by atoms with Gasteiger partial charge < -0.3 is 5.32 Å². The van der Waals surface area contributed by atoms with E-state index in [9.17, 15) is 14.9 Å². The lowest BCUT2D eigenvalue weighted by Crippen LogP contribution is -2.34. The smallest absolute Gasteiger partial charge is 0.269 e. The van der Waals surface area contributed by atoms with Gasteiger partial charge in [-0.2, -0.15) is 0 Å². The third kappa shape index (κ3) is 3.96. The van der Waals surface area contributed by atoms with Gasteiger partial charge in [-0.25, -0.2) is 5.43 Å². The molecule has 3 rings (SSSR count). The zero-order valence-electron chi connectivity index (χ0n) is 13.2. The molecule has 0 saturated carbocycles. The van der Waals surface area contributed by atoms with E-state index in [4.69, 9.17) is 11.6 Å². The number of hydrazine groups is 1. The Kier molecular flexibility index (Phi) is 5.28. The number of halogens is 1. The second-order valence-corrected chi connectivity index (χ2v) is 6.17. The Morgan fingerprint density at radius 2 is 1.96 bits per heavy atom. The number of non-ortho nitro benzene ring substituents is 1. The molecule has 0 bridgehead atoms. The molecule has 130 valence electrons. The van der Waals surface area contributed by atoms with Gasteiger partial charge in [-0.3, -0.25) is 20.3 Å². The number of carbonyl (C=O) groups excluding carboxylic acids is 1. The van der Waals surface area contributed by atoms with Crippen molar-refractivity contribution in [2.45, 2.75) is 12.6 Å². The molecule has 0 aliphatic carbocycles. The number of benzene rings is 2. The van der Waals surface area contributed by atoms with E-state index in [0.29, 0.717) is 18.1 Å². The predicted molar refractivity (Wildman–Crippen MR) is 93.8 cm³/mol. The first-order chi connectivity index (χ1) is 12.1. The summed E-state index contributed by atoms with van der Waals surface area (Å²) in [7, 11) is 0. The second-order valence-electron chi connectivity index (χ2n) is 5.77. The highest BCUT2D eigenvalue weighted by molar-refractivity contribution is 6.31. The van der Waals surface area contributed by atoms with E-state index < -0.39 is 4.92 Å². The Morgan fingerprint density at radius 3 is 2.64 bits per heavy atom. The Morgan fingerprint density at radius 1 is 1.24 bits per heavy atom. The van der Waals surface area contributed by atoms with Gasteiger partial charge in [0.15, 0.2) is 0 Å². The summed E-state index contributed by atoms with van der Waals surface area (Å²) < 4.78 is 0. The molecule has 1 saturated heterocycles. The number of nitro benzene ring substituents is 1. The molecule has 3 N–H and O–H groups in total. The number of amides is 1. The molecule has 2 unspecified atom stereocenters. The molecule has 0 aromatic heterocycles. The third-order valence-electron chi connectivity index (χ3n) is 4.19. The minimum absolute atomic E-state index is 0.0226. The quantitative estimate of drug-likeness (QED) is 0.561. The predicted octanol–water partition coefficient (Wildman–Crippen LogP) is 2.33. The highest BCUT2D eigenvalue weighted by atomic mass is 35.5. The normalized spacial score (nSPS) is 19.6. The monoisotopic (exact) mass is 360 g/mol. The molecule has 8 heteroatoms. The number of nitrogens with one attached hydrogen (secondary N) is 3. The average Bonchev–Trinajstić information content (AvgIpc) is 3.10. The van der Waals surface area contributed by atoms with Crippen molar-refractivity contribution < 1.29 is 9.72 Å². The fourth-order valence-corrected chi connectivity index (χ4v) is 3.02. The molecule has 1 amide bonds. The van der Waals surface area contributed by atoms with Crippen LogP contribution in [0.25, 0.3) is 0 Å². The van der Waals surface area contributed by atoms with Crippen molar-refractivity contribution in [2.75, 3.05) is 6.54 Å². The summed E-state index contributed by atoms with van der Waals surface area (Å²) in [6.07, 6.45) is 0. The van der Waals surface area contributed by atoms with E-state index in [1.54, 1.807) is 18.2 Å². The number of hydrogen-bond donors (Lipinski definition) is 3. The van der Waals surface area contributed by atoms with Crippen molar-refractivity contribution in [3.8, 4) is 0 Å². The maximum atomic E-state index is 12.5. The van der Waals surface area contributed by atoms with E-state index in [0.717, 1.165) is 11.1 Å². The average molecular weight is 361 g/mol. The van der Waals surface area contributed by atoms with Gasteiger partial charge in [0.25, 0.3) is 5.69 Å². The van der Waals surface area contributed by atoms with Crippen molar-refractivity contribution in [3.05, 3.63) is 74.8 Å². The standard InChI is InChI=1S/C17H17ClN4O3/c18-15-4-2-1-3-12(15)9-19-17(23)14-10-20-21-16(14)11-5-7-13(8-6-11)22(24)25/h1-8,14,16,20-21H,9-10H2,(H,19,23). The van der Waals surface area contributed by atoms with Gasteiger partial charge >= 0.3 is 0 Å². The first-order valence-corrected chi connectivity index (χ1v) is 8.18. The minimum atomic E-state index is -0.447. The number of nitrogens with zero attached hydrogens (tertiary/aromatic N) is 1. The molecule has 2 aromatic carbocycles. The van der Waals surface area contributed by atoms with E-state index >= 15 is 0 Å². The fraction of sp³-hybridized carbons (Fsp3) is 0.235. The van der Waals surface area contributed by atoms with Gasteiger partial charge in [0, 0.05) is 30.2 Å². The van der Waals surface area contributed by atoms with E-state index in [1.165, 1.54) is 12.1 Å². The Balaban J connectivity index is 1.67. The summed E-state index contributed by atoms with van der Waals surface area (Å²) in [6.45, 7) is 0.817. The first-order valence-electron chi connectivity index (χ1n) is 7.80. The van der Waals surface area contributed by atoms with E-state index in [-0.39, 0.29) is 23.6 Å². The highest BCUT2D eigenvalue weighted by Crippen LogP contribution is 2.27. The van der Waals surface area contributed by atoms with Crippen molar-refractivity contribution in [2.24, 2.45) is 5.92 Å². The van der Waals surface area contributed by atoms with Crippen molar-refractivity contribution in [1.82, 2.24) is 16.2 Å². The minimum Gasteiger partial charge on any atom is -0.352 e. The van der Waals surface area contributed by atoms with Gasteiger partial charge in [-0.15, -0.1) is 0 Å². The molecule has 0 radical (unpaired) electrons. The van der Waals surface area contributed by atoms with Crippen LogP contribution in [0.3, 0.4) is 0 Å². The maximum Gasteiger partial charge on any atom is 0.269 e. The van der Waals surface area contributed by atoms with Crippen LogP contribution in [0.1, 0.15) is 17.2 Å². The van der Waals surface area contributed by atoms with Crippen LogP contribution in [-0.2, 0) is 11.3 Å². The topological polar surface area (TPSA) is 96.3 Å². The summed E-state index contributed by atoms with van der Waals surface area (Å²) in [5.41, 5.74) is 7.72. The van der Waals surface area contributed by atoms with Crippen LogP contribution in [-0.4, -0.2) is 17.4 Å². The largest absolute Gasteiger partial charge is 0.352 e. The van der Waals surface area contributed by atoms with Gasteiger partial charge in [0.05, 0.1) is 16.9 Å². The van der Waals surface area contributed by atoms with E-state index in [2.05, 4.69) is 16.2 Å². The van der Waals surface area contributed by atoms with Crippen LogP contribution in [0.15, 0.2) is 48.5 Å². The Labute approximate surface area is 149 Å². The second kappa shape index (κ2) is 7.60.